The molecule has 0 saturated carbocycles. The van der Waals surface area contributed by atoms with Gasteiger partial charge in [-0.2, -0.15) is 0 Å². The number of thioether (sulfide) groups is 1. The zero-order valence-corrected chi connectivity index (χ0v) is 19.9. The molecular weight excluding hydrogens is 440 g/mol. The molecule has 1 aromatic heterocycles. The summed E-state index contributed by atoms with van der Waals surface area (Å²) < 4.78 is 5.23. The summed E-state index contributed by atoms with van der Waals surface area (Å²) in [5.74, 6) is 1.35. The molecule has 0 bridgehead atoms. The zero-order chi connectivity index (χ0) is 22.3. The van der Waals surface area contributed by atoms with Crippen LogP contribution < -0.4 is 9.64 Å². The lowest BCUT2D eigenvalue weighted by Gasteiger charge is -2.36. The van der Waals surface area contributed by atoms with Crippen molar-refractivity contribution in [1.82, 2.24) is 14.9 Å². The maximum absolute atomic E-state index is 12.8. The van der Waals surface area contributed by atoms with Crippen molar-refractivity contribution in [2.24, 2.45) is 0 Å². The summed E-state index contributed by atoms with van der Waals surface area (Å²) in [5.41, 5.74) is 2.36. The highest BCUT2D eigenvalue weighted by Crippen LogP contribution is 2.33. The molecule has 0 spiro atoms. The number of carbonyl (C=O) groups excluding carboxylic acids is 1. The van der Waals surface area contributed by atoms with Gasteiger partial charge in [0.2, 0.25) is 5.91 Å². The standard InChI is InChI=1S/C24H26N4O2S2/c1-18-4-3-5-21(16-18)32-24-23(25-10-11-26-24)31-17-22(29)28-14-12-27(13-15-28)19-6-8-20(30-2)9-7-19/h3-11,16H,12-15,17H2,1-2H3. The third-order valence-corrected chi connectivity index (χ3v) is 7.31. The van der Waals surface area contributed by atoms with Gasteiger partial charge in [-0.25, -0.2) is 9.97 Å². The van der Waals surface area contributed by atoms with Crippen molar-refractivity contribution < 1.29 is 9.53 Å². The molecule has 4 rings (SSSR count). The monoisotopic (exact) mass is 466 g/mol. The highest BCUT2D eigenvalue weighted by atomic mass is 32.2. The first-order valence-electron chi connectivity index (χ1n) is 10.5. The molecule has 1 saturated heterocycles. The van der Waals surface area contributed by atoms with Gasteiger partial charge in [0.25, 0.3) is 0 Å². The van der Waals surface area contributed by atoms with Crippen LogP contribution in [0.5, 0.6) is 5.75 Å². The molecule has 1 amide bonds. The Bertz CT molecular complexity index is 1050. The quantitative estimate of drug-likeness (QED) is 0.479. The van der Waals surface area contributed by atoms with Crippen molar-refractivity contribution in [3.63, 3.8) is 0 Å². The summed E-state index contributed by atoms with van der Waals surface area (Å²) in [4.78, 5) is 27.1. The van der Waals surface area contributed by atoms with E-state index in [0.29, 0.717) is 5.75 Å². The lowest BCUT2D eigenvalue weighted by Crippen LogP contribution is -2.49. The summed E-state index contributed by atoms with van der Waals surface area (Å²) in [5, 5.41) is 1.63. The molecule has 0 radical (unpaired) electrons. The van der Waals surface area contributed by atoms with Gasteiger partial charge in [0.1, 0.15) is 15.8 Å². The van der Waals surface area contributed by atoms with Crippen LogP contribution >= 0.6 is 23.5 Å². The number of hydrogen-bond donors (Lipinski definition) is 0. The number of carbonyl (C=O) groups is 1. The number of hydrogen-bond acceptors (Lipinski definition) is 7. The number of ether oxygens (including phenoxy) is 1. The third kappa shape index (κ3) is 5.75. The number of aryl methyl sites for hydroxylation is 1. The van der Waals surface area contributed by atoms with Gasteiger partial charge in [0.15, 0.2) is 0 Å². The largest absolute Gasteiger partial charge is 0.497 e. The minimum Gasteiger partial charge on any atom is -0.497 e. The van der Waals surface area contributed by atoms with E-state index in [0.717, 1.165) is 52.6 Å². The fraction of sp³-hybridized carbons (Fsp3) is 0.292. The van der Waals surface area contributed by atoms with Crippen molar-refractivity contribution in [2.75, 3.05) is 43.9 Å². The van der Waals surface area contributed by atoms with E-state index in [1.165, 1.54) is 17.3 Å². The highest BCUT2D eigenvalue weighted by Gasteiger charge is 2.22. The van der Waals surface area contributed by atoms with Crippen LogP contribution in [0.25, 0.3) is 0 Å². The van der Waals surface area contributed by atoms with Crippen LogP contribution in [-0.2, 0) is 4.79 Å². The predicted molar refractivity (Wildman–Crippen MR) is 130 cm³/mol. The van der Waals surface area contributed by atoms with Crippen molar-refractivity contribution >= 4 is 35.1 Å². The molecule has 8 heteroatoms. The average molecular weight is 467 g/mol. The van der Waals surface area contributed by atoms with Gasteiger partial charge in [0, 0.05) is 49.2 Å². The highest BCUT2D eigenvalue weighted by molar-refractivity contribution is 8.02. The number of amides is 1. The Kier molecular flexibility index (Phi) is 7.55. The number of aromatic nitrogens is 2. The first kappa shape index (κ1) is 22.5. The molecule has 0 aliphatic carbocycles. The minimum atomic E-state index is 0.140. The fourth-order valence-corrected chi connectivity index (χ4v) is 5.42. The number of rotatable bonds is 7. The Morgan fingerprint density at radius 1 is 1.00 bits per heavy atom. The molecule has 166 valence electrons. The fourth-order valence-electron chi connectivity index (χ4n) is 3.50. The molecule has 3 aromatic rings. The van der Waals surface area contributed by atoms with Gasteiger partial charge in [-0.3, -0.25) is 4.79 Å². The van der Waals surface area contributed by atoms with E-state index >= 15 is 0 Å². The van der Waals surface area contributed by atoms with E-state index in [2.05, 4.69) is 52.1 Å². The van der Waals surface area contributed by atoms with E-state index < -0.39 is 0 Å². The Morgan fingerprint density at radius 3 is 2.41 bits per heavy atom. The molecule has 1 aliphatic heterocycles. The molecule has 6 nitrogen and oxygen atoms in total. The number of nitrogens with zero attached hydrogens (tertiary/aromatic N) is 4. The summed E-state index contributed by atoms with van der Waals surface area (Å²) >= 11 is 3.04. The van der Waals surface area contributed by atoms with Gasteiger partial charge < -0.3 is 14.5 Å². The summed E-state index contributed by atoms with van der Waals surface area (Å²) in [6.45, 7) is 5.15. The lowest BCUT2D eigenvalue weighted by molar-refractivity contribution is -0.128. The van der Waals surface area contributed by atoms with Gasteiger partial charge in [-0.15, -0.1) is 0 Å². The van der Waals surface area contributed by atoms with Crippen LogP contribution in [0.1, 0.15) is 5.56 Å². The Morgan fingerprint density at radius 2 is 1.72 bits per heavy atom. The van der Waals surface area contributed by atoms with Crippen molar-refractivity contribution in [3.05, 3.63) is 66.5 Å². The van der Waals surface area contributed by atoms with Crippen LogP contribution in [0.15, 0.2) is 75.9 Å². The second kappa shape index (κ2) is 10.7. The van der Waals surface area contributed by atoms with Gasteiger partial charge >= 0.3 is 0 Å². The number of methoxy groups -OCH3 is 1. The Balaban J connectivity index is 1.31. The van der Waals surface area contributed by atoms with Crippen LogP contribution in [0.4, 0.5) is 5.69 Å². The lowest BCUT2D eigenvalue weighted by atomic mass is 10.2. The first-order valence-corrected chi connectivity index (χ1v) is 12.3. The van der Waals surface area contributed by atoms with Crippen LogP contribution in [0.2, 0.25) is 0 Å². The Hall–Kier alpha value is -2.71. The van der Waals surface area contributed by atoms with E-state index in [4.69, 9.17) is 4.74 Å². The maximum atomic E-state index is 12.8. The van der Waals surface area contributed by atoms with Gasteiger partial charge in [0.05, 0.1) is 12.9 Å². The second-order valence-corrected chi connectivity index (χ2v) is 9.47. The number of anilines is 1. The van der Waals surface area contributed by atoms with Crippen LogP contribution in [-0.4, -0.2) is 59.8 Å². The SMILES string of the molecule is COc1ccc(N2CCN(C(=O)CSc3nccnc3Sc3cccc(C)c3)CC2)cc1. The molecule has 32 heavy (non-hydrogen) atoms. The van der Waals surface area contributed by atoms with E-state index in [1.807, 2.05) is 23.1 Å². The van der Waals surface area contributed by atoms with Gasteiger partial charge in [-0.05, 0) is 43.3 Å². The molecule has 0 atom stereocenters. The molecule has 0 unspecified atom stereocenters. The molecule has 2 heterocycles. The van der Waals surface area contributed by atoms with E-state index in [-0.39, 0.29) is 5.91 Å². The van der Waals surface area contributed by atoms with Crippen molar-refractivity contribution in [2.45, 2.75) is 21.9 Å². The normalized spacial score (nSPS) is 13.8. The predicted octanol–water partition coefficient (Wildman–Crippen LogP) is 4.39. The topological polar surface area (TPSA) is 58.6 Å². The summed E-state index contributed by atoms with van der Waals surface area (Å²) in [6, 6.07) is 16.4. The molecule has 2 aromatic carbocycles. The summed E-state index contributed by atoms with van der Waals surface area (Å²) in [7, 11) is 1.67. The van der Waals surface area contributed by atoms with Crippen molar-refractivity contribution in [3.8, 4) is 5.75 Å². The van der Waals surface area contributed by atoms with E-state index in [9.17, 15) is 4.79 Å². The maximum Gasteiger partial charge on any atom is 0.233 e. The second-order valence-electron chi connectivity index (χ2n) is 7.44. The van der Waals surface area contributed by atoms with E-state index in [1.54, 1.807) is 31.3 Å². The zero-order valence-electron chi connectivity index (χ0n) is 18.2. The Labute approximate surface area is 197 Å². The first-order chi connectivity index (χ1) is 15.6. The molecular formula is C24H26N4O2S2. The summed E-state index contributed by atoms with van der Waals surface area (Å²) in [6.07, 6.45) is 3.38. The molecule has 1 aliphatic rings. The number of piperazine rings is 1. The molecule has 0 N–H and O–H groups in total. The third-order valence-electron chi connectivity index (χ3n) is 5.24. The number of benzene rings is 2. The van der Waals surface area contributed by atoms with Gasteiger partial charge in [-0.1, -0.05) is 41.2 Å². The molecule has 1 fully saturated rings. The minimum absolute atomic E-state index is 0.140. The van der Waals surface area contributed by atoms with Crippen LogP contribution in [0.3, 0.4) is 0 Å². The smallest absolute Gasteiger partial charge is 0.233 e. The van der Waals surface area contributed by atoms with Crippen LogP contribution in [0, 0.1) is 6.92 Å². The average Bonchev–Trinajstić information content (AvgIpc) is 2.83. The van der Waals surface area contributed by atoms with Crippen molar-refractivity contribution in [1.29, 1.82) is 0 Å².